The van der Waals surface area contributed by atoms with E-state index in [1.165, 1.54) is 0 Å². The molecule has 15 nitrogen and oxygen atoms in total. The third-order valence-electron chi connectivity index (χ3n) is 4.26. The molecule has 1 saturated carbocycles. The maximum Gasteiger partial charge on any atom is 0.470 e. The molecular formula is C15H33O15P3. The summed E-state index contributed by atoms with van der Waals surface area (Å²) in [4.78, 5) is 56.6. The minimum atomic E-state index is -5.40. The summed E-state index contributed by atoms with van der Waals surface area (Å²) >= 11 is 0. The first-order valence-electron chi connectivity index (χ1n) is 10.2. The molecule has 1 rings (SSSR count). The Balaban J connectivity index is 3.68. The summed E-state index contributed by atoms with van der Waals surface area (Å²) in [6, 6.07) is 0. The molecule has 6 atom stereocenters. The van der Waals surface area contributed by atoms with Gasteiger partial charge in [-0.25, -0.2) is 13.7 Å². The van der Waals surface area contributed by atoms with Gasteiger partial charge in [0, 0.05) is 19.8 Å². The van der Waals surface area contributed by atoms with Crippen molar-refractivity contribution in [2.45, 2.75) is 76.7 Å². The van der Waals surface area contributed by atoms with E-state index >= 15 is 0 Å². The topological polar surface area (TPSA) is 228 Å². The first-order valence-corrected chi connectivity index (χ1v) is 14.8. The average Bonchev–Trinajstić information content (AvgIpc) is 2.64. The van der Waals surface area contributed by atoms with E-state index in [-0.39, 0.29) is 19.8 Å². The lowest BCUT2D eigenvalue weighted by Gasteiger charge is -2.49. The van der Waals surface area contributed by atoms with Gasteiger partial charge in [0.25, 0.3) is 0 Å². The van der Waals surface area contributed by atoms with E-state index in [0.29, 0.717) is 19.3 Å². The minimum Gasteiger partial charge on any atom is -0.373 e. The number of hydrogen-bond donors (Lipinski definition) is 6. The third kappa shape index (κ3) is 11.2. The van der Waals surface area contributed by atoms with Crippen LogP contribution in [-0.2, 0) is 41.5 Å². The molecule has 0 bridgehead atoms. The molecule has 0 aromatic carbocycles. The van der Waals surface area contributed by atoms with Crippen molar-refractivity contribution in [1.82, 2.24) is 0 Å². The smallest absolute Gasteiger partial charge is 0.373 e. The normalized spacial score (nSPS) is 29.4. The lowest BCUT2D eigenvalue weighted by atomic mass is 9.84. The highest BCUT2D eigenvalue weighted by Crippen LogP contribution is 2.51. The SMILES string of the molecule is CCCO[C@@H]1[C@@H](OCCC)[C@H](OP(=O)(O)O)[C@@H](OP(=O)(O)O)[C@@H](OP(=O)(O)O)[C@H]1OCCC. The van der Waals surface area contributed by atoms with Gasteiger partial charge < -0.3 is 43.6 Å². The summed E-state index contributed by atoms with van der Waals surface area (Å²) < 4.78 is 66.4. The number of hydrogen-bond acceptors (Lipinski definition) is 9. The van der Waals surface area contributed by atoms with Gasteiger partial charge in [-0.2, -0.15) is 0 Å². The molecule has 1 fully saturated rings. The summed E-state index contributed by atoms with van der Waals surface area (Å²) in [6.07, 6.45) is -8.80. The summed E-state index contributed by atoms with van der Waals surface area (Å²) in [5.41, 5.74) is 0. The largest absolute Gasteiger partial charge is 0.470 e. The molecule has 0 unspecified atom stereocenters. The Morgan fingerprint density at radius 1 is 0.485 bits per heavy atom. The summed E-state index contributed by atoms with van der Waals surface area (Å²) in [5.74, 6) is 0. The molecule has 0 radical (unpaired) electrons. The van der Waals surface area contributed by atoms with Crippen LogP contribution in [0, 0.1) is 0 Å². The first kappa shape index (κ1) is 31.2. The van der Waals surface area contributed by atoms with Crippen LogP contribution in [0.5, 0.6) is 0 Å². The van der Waals surface area contributed by atoms with Gasteiger partial charge in [-0.15, -0.1) is 0 Å². The zero-order valence-corrected chi connectivity index (χ0v) is 21.1. The van der Waals surface area contributed by atoms with Crippen LogP contribution in [-0.4, -0.2) is 85.8 Å². The zero-order valence-electron chi connectivity index (χ0n) is 18.4. The Kier molecular flexibility index (Phi) is 12.8. The number of rotatable bonds is 15. The van der Waals surface area contributed by atoms with Crippen molar-refractivity contribution in [3.63, 3.8) is 0 Å². The van der Waals surface area contributed by atoms with E-state index in [2.05, 4.69) is 4.52 Å². The summed E-state index contributed by atoms with van der Waals surface area (Å²) in [7, 11) is -16.1. The minimum absolute atomic E-state index is 0.0187. The molecule has 0 aliphatic heterocycles. The molecule has 18 heteroatoms. The van der Waals surface area contributed by atoms with E-state index in [4.69, 9.17) is 23.3 Å². The van der Waals surface area contributed by atoms with Gasteiger partial charge in [-0.05, 0) is 19.3 Å². The molecule has 0 heterocycles. The maximum absolute atomic E-state index is 11.7. The Hall–Kier alpha value is 0.210. The quantitative estimate of drug-likeness (QED) is 0.156. The summed E-state index contributed by atoms with van der Waals surface area (Å²) in [6.45, 7) is 5.35. The lowest BCUT2D eigenvalue weighted by molar-refractivity contribution is -0.247. The predicted octanol–water partition coefficient (Wildman–Crippen LogP) is 0.819. The molecule has 33 heavy (non-hydrogen) atoms. The van der Waals surface area contributed by atoms with Gasteiger partial charge in [-0.1, -0.05) is 20.8 Å². The molecule has 0 aromatic rings. The predicted molar refractivity (Wildman–Crippen MR) is 111 cm³/mol. The fraction of sp³-hybridized carbons (Fsp3) is 1.00. The fourth-order valence-corrected chi connectivity index (χ4v) is 4.96. The molecular weight excluding hydrogens is 513 g/mol. The Labute approximate surface area is 191 Å². The average molecular weight is 546 g/mol. The second-order valence-corrected chi connectivity index (χ2v) is 10.8. The molecule has 0 amide bonds. The van der Waals surface area contributed by atoms with Crippen LogP contribution in [0.1, 0.15) is 40.0 Å². The molecule has 1 aliphatic carbocycles. The van der Waals surface area contributed by atoms with E-state index < -0.39 is 60.1 Å². The second-order valence-electron chi connectivity index (χ2n) is 7.19. The van der Waals surface area contributed by atoms with E-state index in [9.17, 15) is 43.1 Å². The van der Waals surface area contributed by atoms with Gasteiger partial charge >= 0.3 is 23.5 Å². The van der Waals surface area contributed by atoms with E-state index in [1.54, 1.807) is 20.8 Å². The van der Waals surface area contributed by atoms with Crippen LogP contribution in [0.2, 0.25) is 0 Å². The van der Waals surface area contributed by atoms with Crippen molar-refractivity contribution in [1.29, 1.82) is 0 Å². The lowest BCUT2D eigenvalue weighted by Crippen LogP contribution is -2.67. The molecule has 6 N–H and O–H groups in total. The van der Waals surface area contributed by atoms with Gasteiger partial charge in [0.1, 0.15) is 36.6 Å². The van der Waals surface area contributed by atoms with E-state index in [0.717, 1.165) is 0 Å². The van der Waals surface area contributed by atoms with Crippen molar-refractivity contribution in [3.8, 4) is 0 Å². The zero-order chi connectivity index (χ0) is 25.4. The van der Waals surface area contributed by atoms with Crippen LogP contribution in [0.15, 0.2) is 0 Å². The number of ether oxygens (including phenoxy) is 3. The van der Waals surface area contributed by atoms with E-state index in [1.807, 2.05) is 0 Å². The van der Waals surface area contributed by atoms with Gasteiger partial charge in [0.05, 0.1) is 0 Å². The van der Waals surface area contributed by atoms with Gasteiger partial charge in [-0.3, -0.25) is 13.6 Å². The van der Waals surface area contributed by atoms with Crippen LogP contribution in [0.25, 0.3) is 0 Å². The number of phosphoric ester groups is 3. The van der Waals surface area contributed by atoms with Crippen LogP contribution < -0.4 is 0 Å². The van der Waals surface area contributed by atoms with Crippen molar-refractivity contribution < 1.29 is 70.8 Å². The number of phosphoric acid groups is 3. The summed E-state index contributed by atoms with van der Waals surface area (Å²) in [5, 5.41) is 0. The highest BCUT2D eigenvalue weighted by atomic mass is 31.2. The molecule has 0 spiro atoms. The Morgan fingerprint density at radius 3 is 0.909 bits per heavy atom. The fourth-order valence-electron chi connectivity index (χ4n) is 3.29. The second kappa shape index (κ2) is 13.5. The van der Waals surface area contributed by atoms with Crippen LogP contribution >= 0.6 is 23.5 Å². The Morgan fingerprint density at radius 2 is 0.697 bits per heavy atom. The van der Waals surface area contributed by atoms with Crippen molar-refractivity contribution in [3.05, 3.63) is 0 Å². The van der Waals surface area contributed by atoms with Crippen molar-refractivity contribution in [2.24, 2.45) is 0 Å². The van der Waals surface area contributed by atoms with Crippen LogP contribution in [0.3, 0.4) is 0 Å². The first-order chi connectivity index (χ1) is 15.1. The van der Waals surface area contributed by atoms with Crippen molar-refractivity contribution in [2.75, 3.05) is 19.8 Å². The highest BCUT2D eigenvalue weighted by Gasteiger charge is 2.59. The maximum atomic E-state index is 11.7. The molecule has 1 aliphatic rings. The Bertz CT molecular complexity index is 673. The third-order valence-corrected chi connectivity index (χ3v) is 5.82. The standard InChI is InChI=1S/C15H33O15P3/c1-4-7-25-10-11(26-8-5-2)13(28-31(16,17)18)15(30-33(22,23)24)14(29-32(19,20)21)12(10)27-9-6-3/h10-15H,4-9H2,1-3H3,(H2,16,17,18)(H2,19,20,21)(H2,22,23,24)/t10-,11-,12+,13-,14-,15-/m0/s1. The molecule has 198 valence electrons. The van der Waals surface area contributed by atoms with Crippen LogP contribution in [0.4, 0.5) is 0 Å². The highest BCUT2D eigenvalue weighted by molar-refractivity contribution is 7.47. The van der Waals surface area contributed by atoms with Gasteiger partial charge in [0.2, 0.25) is 0 Å². The van der Waals surface area contributed by atoms with Gasteiger partial charge in [0.15, 0.2) is 0 Å². The molecule has 0 aromatic heterocycles. The monoisotopic (exact) mass is 546 g/mol. The van der Waals surface area contributed by atoms with Crippen molar-refractivity contribution >= 4 is 23.5 Å². The molecule has 0 saturated heterocycles.